The van der Waals surface area contributed by atoms with Gasteiger partial charge in [0.15, 0.2) is 5.96 Å². The van der Waals surface area contributed by atoms with Crippen LogP contribution in [-0.2, 0) is 10.0 Å². The van der Waals surface area contributed by atoms with Crippen molar-refractivity contribution in [2.45, 2.75) is 38.6 Å². The molecule has 2 rings (SSSR count). The summed E-state index contributed by atoms with van der Waals surface area (Å²) < 4.78 is 30.4. The van der Waals surface area contributed by atoms with E-state index in [4.69, 9.17) is 4.42 Å². The minimum atomic E-state index is -3.14. The fourth-order valence-corrected chi connectivity index (χ4v) is 4.48. The molecule has 1 aromatic rings. The van der Waals surface area contributed by atoms with Crippen molar-refractivity contribution in [3.05, 3.63) is 24.2 Å². The van der Waals surface area contributed by atoms with Crippen LogP contribution in [0.3, 0.4) is 0 Å². The van der Waals surface area contributed by atoms with Crippen molar-refractivity contribution in [2.75, 3.05) is 52.6 Å². The maximum Gasteiger partial charge on any atom is 0.211 e. The van der Waals surface area contributed by atoms with Crippen molar-refractivity contribution in [3.8, 4) is 0 Å². The molecule has 160 valence electrons. The van der Waals surface area contributed by atoms with Crippen molar-refractivity contribution in [1.82, 2.24) is 19.8 Å². The average Bonchev–Trinajstić information content (AvgIpc) is 3.20. The van der Waals surface area contributed by atoms with E-state index in [9.17, 15) is 8.42 Å². The molecular formula is C19H35N5O3S. The first kappa shape index (κ1) is 22.7. The van der Waals surface area contributed by atoms with Crippen LogP contribution in [0.25, 0.3) is 0 Å². The van der Waals surface area contributed by atoms with Crippen molar-refractivity contribution in [1.29, 1.82) is 0 Å². The molecule has 28 heavy (non-hydrogen) atoms. The van der Waals surface area contributed by atoms with Crippen LogP contribution in [0.15, 0.2) is 27.8 Å². The lowest BCUT2D eigenvalue weighted by Crippen LogP contribution is -2.45. The SMILES string of the molecule is CCN(CCCNC(=NC)NCC(c1ccco1)N1CCCCC1)S(C)(=O)=O. The Kier molecular flexibility index (Phi) is 9.27. The Balaban J connectivity index is 1.82. The molecule has 1 aliphatic rings. The minimum absolute atomic E-state index is 0.176. The summed E-state index contributed by atoms with van der Waals surface area (Å²) in [5.41, 5.74) is 0. The normalized spacial score (nSPS) is 17.6. The third-order valence-electron chi connectivity index (χ3n) is 5.09. The third kappa shape index (κ3) is 7.10. The van der Waals surface area contributed by atoms with E-state index >= 15 is 0 Å². The quantitative estimate of drug-likeness (QED) is 0.344. The number of sulfonamides is 1. The Morgan fingerprint density at radius 1 is 1.32 bits per heavy atom. The summed E-state index contributed by atoms with van der Waals surface area (Å²) in [7, 11) is -1.39. The number of furan rings is 1. The summed E-state index contributed by atoms with van der Waals surface area (Å²) in [4.78, 5) is 6.75. The van der Waals surface area contributed by atoms with E-state index in [1.807, 2.05) is 19.1 Å². The van der Waals surface area contributed by atoms with Crippen LogP contribution < -0.4 is 10.6 Å². The number of hydrogen-bond acceptors (Lipinski definition) is 5. The molecule has 2 N–H and O–H groups in total. The van der Waals surface area contributed by atoms with Crippen LogP contribution in [-0.4, -0.2) is 76.2 Å². The number of guanidine groups is 1. The monoisotopic (exact) mass is 413 g/mol. The summed E-state index contributed by atoms with van der Waals surface area (Å²) in [5, 5.41) is 6.66. The maximum absolute atomic E-state index is 11.6. The highest BCUT2D eigenvalue weighted by Crippen LogP contribution is 2.24. The first-order valence-electron chi connectivity index (χ1n) is 10.1. The first-order chi connectivity index (χ1) is 13.5. The Hall–Kier alpha value is -1.58. The molecule has 0 aromatic carbocycles. The first-order valence-corrected chi connectivity index (χ1v) is 12.0. The number of nitrogens with zero attached hydrogens (tertiary/aromatic N) is 3. The van der Waals surface area contributed by atoms with Crippen LogP contribution >= 0.6 is 0 Å². The number of piperidine rings is 1. The molecule has 1 unspecified atom stereocenters. The van der Waals surface area contributed by atoms with Gasteiger partial charge in [-0.25, -0.2) is 12.7 Å². The van der Waals surface area contributed by atoms with E-state index in [0.29, 0.717) is 26.2 Å². The second kappa shape index (κ2) is 11.4. The molecule has 8 nitrogen and oxygen atoms in total. The van der Waals surface area contributed by atoms with Gasteiger partial charge in [-0.15, -0.1) is 0 Å². The zero-order chi connectivity index (χ0) is 20.4. The second-order valence-corrected chi connectivity index (χ2v) is 9.10. The van der Waals surface area contributed by atoms with E-state index in [1.165, 1.54) is 29.8 Å². The number of rotatable bonds is 10. The van der Waals surface area contributed by atoms with Gasteiger partial charge in [0.25, 0.3) is 0 Å². The third-order valence-corrected chi connectivity index (χ3v) is 6.47. The molecule has 0 bridgehead atoms. The lowest BCUT2D eigenvalue weighted by atomic mass is 10.1. The van der Waals surface area contributed by atoms with Gasteiger partial charge in [0, 0.05) is 33.2 Å². The highest BCUT2D eigenvalue weighted by atomic mass is 32.2. The van der Waals surface area contributed by atoms with E-state index < -0.39 is 10.0 Å². The Morgan fingerprint density at radius 3 is 2.64 bits per heavy atom. The van der Waals surface area contributed by atoms with E-state index in [-0.39, 0.29) is 6.04 Å². The van der Waals surface area contributed by atoms with Gasteiger partial charge >= 0.3 is 0 Å². The summed E-state index contributed by atoms with van der Waals surface area (Å²) in [6, 6.07) is 4.14. The van der Waals surface area contributed by atoms with E-state index in [0.717, 1.165) is 31.2 Å². The topological polar surface area (TPSA) is 90.2 Å². The van der Waals surface area contributed by atoms with Gasteiger partial charge in [0.1, 0.15) is 5.76 Å². The van der Waals surface area contributed by atoms with Gasteiger partial charge < -0.3 is 15.1 Å². The van der Waals surface area contributed by atoms with E-state index in [1.54, 1.807) is 13.3 Å². The zero-order valence-electron chi connectivity index (χ0n) is 17.4. The molecule has 1 aliphatic heterocycles. The lowest BCUT2D eigenvalue weighted by molar-refractivity contribution is 0.146. The summed E-state index contributed by atoms with van der Waals surface area (Å²) in [6.45, 7) is 6.37. The maximum atomic E-state index is 11.6. The number of hydrogen-bond donors (Lipinski definition) is 2. The molecule has 9 heteroatoms. The molecule has 0 spiro atoms. The van der Waals surface area contributed by atoms with Crippen molar-refractivity contribution < 1.29 is 12.8 Å². The Bertz CT molecular complexity index is 684. The van der Waals surface area contributed by atoms with Gasteiger partial charge in [-0.2, -0.15) is 0 Å². The van der Waals surface area contributed by atoms with Crippen LogP contribution in [0.1, 0.15) is 44.4 Å². The van der Waals surface area contributed by atoms with Crippen LogP contribution in [0.2, 0.25) is 0 Å². The molecule has 1 aromatic heterocycles. The van der Waals surface area contributed by atoms with Crippen molar-refractivity contribution in [3.63, 3.8) is 0 Å². The smallest absolute Gasteiger partial charge is 0.211 e. The molecule has 2 heterocycles. The van der Waals surface area contributed by atoms with Crippen LogP contribution in [0.5, 0.6) is 0 Å². The Morgan fingerprint density at radius 2 is 2.07 bits per heavy atom. The van der Waals surface area contributed by atoms with Gasteiger partial charge in [0.05, 0.1) is 18.6 Å². The van der Waals surface area contributed by atoms with Gasteiger partial charge in [-0.3, -0.25) is 9.89 Å². The molecule has 0 aliphatic carbocycles. The number of aliphatic imine (C=N–C) groups is 1. The Labute approximate surface area is 169 Å². The fourth-order valence-electron chi connectivity index (χ4n) is 3.56. The highest BCUT2D eigenvalue weighted by molar-refractivity contribution is 7.88. The predicted molar refractivity (Wildman–Crippen MR) is 113 cm³/mol. The zero-order valence-corrected chi connectivity index (χ0v) is 18.2. The largest absolute Gasteiger partial charge is 0.468 e. The van der Waals surface area contributed by atoms with Crippen molar-refractivity contribution in [2.24, 2.45) is 4.99 Å². The molecule has 1 fully saturated rings. The van der Waals surface area contributed by atoms with Gasteiger partial charge in [0.2, 0.25) is 10.0 Å². The number of nitrogens with one attached hydrogen (secondary N) is 2. The molecule has 1 saturated heterocycles. The molecule has 0 saturated carbocycles. The van der Waals surface area contributed by atoms with Crippen LogP contribution in [0.4, 0.5) is 0 Å². The molecular weight excluding hydrogens is 378 g/mol. The lowest BCUT2D eigenvalue weighted by Gasteiger charge is -2.33. The van der Waals surface area contributed by atoms with Crippen molar-refractivity contribution >= 4 is 16.0 Å². The van der Waals surface area contributed by atoms with Gasteiger partial charge in [-0.05, 0) is 44.5 Å². The minimum Gasteiger partial charge on any atom is -0.468 e. The number of likely N-dealkylation sites (tertiary alicyclic amines) is 1. The molecule has 1 atom stereocenters. The standard InChI is InChI=1S/C19H35N5O3S/c1-4-24(28(3,25)26)14-9-11-21-19(20-2)22-16-17(18-10-8-15-27-18)23-12-6-5-7-13-23/h8,10,15,17H,4-7,9,11-14,16H2,1-3H3,(H2,20,21,22). The molecule has 0 radical (unpaired) electrons. The highest BCUT2D eigenvalue weighted by Gasteiger charge is 2.24. The summed E-state index contributed by atoms with van der Waals surface area (Å²) >= 11 is 0. The fraction of sp³-hybridized carbons (Fsp3) is 0.737. The van der Waals surface area contributed by atoms with Gasteiger partial charge in [-0.1, -0.05) is 13.3 Å². The summed E-state index contributed by atoms with van der Waals surface area (Å²) in [6.07, 6.45) is 7.42. The predicted octanol–water partition coefficient (Wildman–Crippen LogP) is 1.64. The van der Waals surface area contributed by atoms with Crippen LogP contribution in [0, 0.1) is 0 Å². The second-order valence-electron chi connectivity index (χ2n) is 7.12. The van der Waals surface area contributed by atoms with E-state index in [2.05, 4.69) is 20.5 Å². The average molecular weight is 414 g/mol. The summed E-state index contributed by atoms with van der Waals surface area (Å²) in [5.74, 6) is 1.69. The molecule has 0 amide bonds.